The van der Waals surface area contributed by atoms with E-state index >= 15 is 0 Å². The normalized spacial score (nSPS) is 11.7. The minimum Gasteiger partial charge on any atom is -0.507 e. The van der Waals surface area contributed by atoms with E-state index in [0.717, 1.165) is 12.5 Å². The lowest BCUT2D eigenvalue weighted by Crippen LogP contribution is -2.14. The van der Waals surface area contributed by atoms with Crippen molar-refractivity contribution in [3.8, 4) is 17.2 Å². The third-order valence-electron chi connectivity index (χ3n) is 4.51. The Kier molecular flexibility index (Phi) is 7.01. The molecule has 0 saturated heterocycles. The number of aromatic hydroxyl groups is 3. The average Bonchev–Trinajstić information content (AvgIpc) is 2.65. The van der Waals surface area contributed by atoms with Crippen LogP contribution in [0.1, 0.15) is 48.2 Å². The maximum absolute atomic E-state index is 12.7. The van der Waals surface area contributed by atoms with E-state index in [9.17, 15) is 25.2 Å². The van der Waals surface area contributed by atoms with Gasteiger partial charge in [-0.05, 0) is 32.3 Å². The van der Waals surface area contributed by atoms with Crippen molar-refractivity contribution in [2.24, 2.45) is 0 Å². The van der Waals surface area contributed by atoms with E-state index in [2.05, 4.69) is 6.58 Å². The van der Waals surface area contributed by atoms with Crippen molar-refractivity contribution in [3.63, 3.8) is 0 Å². The molecule has 5 nitrogen and oxygen atoms in total. The van der Waals surface area contributed by atoms with Gasteiger partial charge in [0, 0.05) is 23.6 Å². The van der Waals surface area contributed by atoms with Gasteiger partial charge >= 0.3 is 0 Å². The van der Waals surface area contributed by atoms with Gasteiger partial charge in [0.05, 0.1) is 6.10 Å². The summed E-state index contributed by atoms with van der Waals surface area (Å²) < 4.78 is 0. The topological polar surface area (TPSA) is 98.0 Å². The van der Waals surface area contributed by atoms with Crippen LogP contribution in [0.4, 0.5) is 0 Å². The van der Waals surface area contributed by atoms with Gasteiger partial charge in [0.15, 0.2) is 0 Å². The van der Waals surface area contributed by atoms with Crippen molar-refractivity contribution in [3.05, 3.63) is 76.9 Å². The Morgan fingerprint density at radius 2 is 1.75 bits per heavy atom. The van der Waals surface area contributed by atoms with Crippen LogP contribution in [0.5, 0.6) is 17.2 Å². The molecule has 1 atom stereocenters. The first-order valence-electron chi connectivity index (χ1n) is 9.08. The molecule has 0 fully saturated rings. The molecule has 0 heterocycles. The van der Waals surface area contributed by atoms with Crippen LogP contribution in [0.2, 0.25) is 0 Å². The lowest BCUT2D eigenvalue weighted by molar-refractivity contribution is 0.103. The van der Waals surface area contributed by atoms with Gasteiger partial charge in [-0.25, -0.2) is 0 Å². The van der Waals surface area contributed by atoms with Crippen molar-refractivity contribution < 1.29 is 25.2 Å². The second kappa shape index (κ2) is 9.24. The zero-order chi connectivity index (χ0) is 20.8. The molecule has 0 spiro atoms. The van der Waals surface area contributed by atoms with Gasteiger partial charge in [-0.3, -0.25) is 4.79 Å². The van der Waals surface area contributed by atoms with E-state index in [1.165, 1.54) is 5.57 Å². The molecule has 2 aromatic carbocycles. The molecule has 148 valence electrons. The summed E-state index contributed by atoms with van der Waals surface area (Å²) in [7, 11) is 0. The molecule has 2 aromatic rings. The van der Waals surface area contributed by atoms with Crippen LogP contribution in [0, 0.1) is 0 Å². The van der Waals surface area contributed by atoms with Gasteiger partial charge in [-0.1, -0.05) is 48.6 Å². The summed E-state index contributed by atoms with van der Waals surface area (Å²) in [4.78, 5) is 12.7. The summed E-state index contributed by atoms with van der Waals surface area (Å²) in [5.41, 5.74) is 1.70. The quantitative estimate of drug-likeness (QED) is 0.404. The molecule has 28 heavy (non-hydrogen) atoms. The highest BCUT2D eigenvalue weighted by molar-refractivity contribution is 6.12. The summed E-state index contributed by atoms with van der Waals surface area (Å²) in [5, 5.41) is 41.2. The van der Waals surface area contributed by atoms with Gasteiger partial charge in [0.2, 0.25) is 5.78 Å². The standard InChI is InChI=1S/C23H26O5/c1-14(2)8-7-9-15(3)18(24)12-17-19(25)13-20(26)21(23(17)28)22(27)16-10-5-4-6-11-16/h4-6,8,10-11,13,18,24-26,28H,3,7,9,12H2,1-2H3/t18-/m1/s1. The molecule has 0 saturated carbocycles. The number of hydrogen-bond donors (Lipinski definition) is 4. The van der Waals surface area contributed by atoms with Crippen LogP contribution >= 0.6 is 0 Å². The van der Waals surface area contributed by atoms with Crippen molar-refractivity contribution in [2.75, 3.05) is 0 Å². The second-order valence-electron chi connectivity index (χ2n) is 7.01. The summed E-state index contributed by atoms with van der Waals surface area (Å²) in [5.74, 6) is -2.03. The fourth-order valence-corrected chi connectivity index (χ4v) is 2.89. The molecule has 4 N–H and O–H groups in total. The number of benzene rings is 2. The Balaban J connectivity index is 2.29. The molecule has 2 rings (SSSR count). The van der Waals surface area contributed by atoms with Crippen LogP contribution in [0.25, 0.3) is 0 Å². The average molecular weight is 382 g/mol. The molecule has 0 bridgehead atoms. The summed E-state index contributed by atoms with van der Waals surface area (Å²) in [6.07, 6.45) is 2.18. The Hall–Kier alpha value is -3.05. The zero-order valence-electron chi connectivity index (χ0n) is 16.1. The van der Waals surface area contributed by atoms with Gasteiger partial charge in [-0.2, -0.15) is 0 Å². The second-order valence-corrected chi connectivity index (χ2v) is 7.01. The van der Waals surface area contributed by atoms with Gasteiger partial charge in [0.25, 0.3) is 0 Å². The number of hydrogen-bond acceptors (Lipinski definition) is 5. The molecule has 0 aromatic heterocycles. The number of carbonyl (C=O) groups is 1. The van der Waals surface area contributed by atoms with Gasteiger partial charge in [0.1, 0.15) is 22.8 Å². The zero-order valence-corrected chi connectivity index (χ0v) is 16.1. The third-order valence-corrected chi connectivity index (χ3v) is 4.51. The number of aliphatic hydroxyl groups is 1. The van der Waals surface area contributed by atoms with Crippen LogP contribution in [0.15, 0.2) is 60.2 Å². The molecule has 0 aliphatic carbocycles. The Labute approximate surface area is 164 Å². The van der Waals surface area contributed by atoms with E-state index in [1.54, 1.807) is 30.3 Å². The monoisotopic (exact) mass is 382 g/mol. The highest BCUT2D eigenvalue weighted by atomic mass is 16.3. The number of rotatable bonds is 8. The van der Waals surface area contributed by atoms with Crippen molar-refractivity contribution in [1.29, 1.82) is 0 Å². The fourth-order valence-electron chi connectivity index (χ4n) is 2.89. The van der Waals surface area contributed by atoms with E-state index in [-0.39, 0.29) is 23.1 Å². The minimum atomic E-state index is -1.01. The number of phenols is 3. The van der Waals surface area contributed by atoms with Crippen LogP contribution in [-0.4, -0.2) is 32.3 Å². The lowest BCUT2D eigenvalue weighted by Gasteiger charge is -2.17. The highest BCUT2D eigenvalue weighted by Crippen LogP contribution is 2.39. The number of ketones is 1. The molecule has 0 unspecified atom stereocenters. The Morgan fingerprint density at radius 1 is 1.11 bits per heavy atom. The van der Waals surface area contributed by atoms with Crippen LogP contribution in [-0.2, 0) is 6.42 Å². The SMILES string of the molecule is C=C(CCC=C(C)C)[C@H](O)Cc1c(O)cc(O)c(C(=O)c2ccccc2)c1O. The predicted octanol–water partition coefficient (Wildman–Crippen LogP) is 4.24. The van der Waals surface area contributed by atoms with Crippen molar-refractivity contribution in [1.82, 2.24) is 0 Å². The molecular formula is C23H26O5. The molecule has 5 heteroatoms. The first kappa shape index (κ1) is 21.3. The number of phenolic OH excluding ortho intramolecular Hbond substituents is 3. The smallest absolute Gasteiger partial charge is 0.200 e. The molecular weight excluding hydrogens is 356 g/mol. The molecule has 0 aliphatic rings. The Bertz CT molecular complexity index is 893. The van der Waals surface area contributed by atoms with Crippen molar-refractivity contribution in [2.45, 2.75) is 39.2 Å². The summed E-state index contributed by atoms with van der Waals surface area (Å²) in [6, 6.07) is 9.22. The van der Waals surface area contributed by atoms with Crippen molar-refractivity contribution >= 4 is 5.78 Å². The number of allylic oxidation sites excluding steroid dienone is 2. The highest BCUT2D eigenvalue weighted by Gasteiger charge is 2.25. The molecule has 0 amide bonds. The Morgan fingerprint density at radius 3 is 2.36 bits per heavy atom. The van der Waals surface area contributed by atoms with E-state index in [4.69, 9.17) is 0 Å². The van der Waals surface area contributed by atoms with E-state index in [0.29, 0.717) is 12.0 Å². The lowest BCUT2D eigenvalue weighted by atomic mass is 9.93. The maximum atomic E-state index is 12.7. The fraction of sp³-hybridized carbons (Fsp3) is 0.261. The van der Waals surface area contributed by atoms with E-state index in [1.807, 2.05) is 19.9 Å². The number of aliphatic hydroxyl groups excluding tert-OH is 1. The third kappa shape index (κ3) is 5.02. The largest absolute Gasteiger partial charge is 0.507 e. The van der Waals surface area contributed by atoms with Gasteiger partial charge in [-0.15, -0.1) is 0 Å². The van der Waals surface area contributed by atoms with Crippen LogP contribution in [0.3, 0.4) is 0 Å². The van der Waals surface area contributed by atoms with Crippen LogP contribution < -0.4 is 0 Å². The predicted molar refractivity (Wildman–Crippen MR) is 109 cm³/mol. The maximum Gasteiger partial charge on any atom is 0.200 e. The first-order valence-corrected chi connectivity index (χ1v) is 9.08. The molecule has 0 aliphatic heterocycles. The molecule has 0 radical (unpaired) electrons. The summed E-state index contributed by atoms with van der Waals surface area (Å²) >= 11 is 0. The van der Waals surface area contributed by atoms with E-state index < -0.39 is 29.1 Å². The minimum absolute atomic E-state index is 0.00653. The first-order chi connectivity index (χ1) is 13.2. The summed E-state index contributed by atoms with van der Waals surface area (Å²) in [6.45, 7) is 7.84. The number of carbonyl (C=O) groups excluding carboxylic acids is 1. The van der Waals surface area contributed by atoms with Gasteiger partial charge < -0.3 is 20.4 Å².